The lowest BCUT2D eigenvalue weighted by Crippen LogP contribution is -2.03. The lowest BCUT2D eigenvalue weighted by atomic mass is 10.1. The molecule has 2 N–H and O–H groups in total. The van der Waals surface area contributed by atoms with Gasteiger partial charge < -0.3 is 10.4 Å². The van der Waals surface area contributed by atoms with Crippen LogP contribution in [-0.4, -0.2) is 15.1 Å². The van der Waals surface area contributed by atoms with Gasteiger partial charge in [0.15, 0.2) is 0 Å². The monoisotopic (exact) mass is 341 g/mol. The van der Waals surface area contributed by atoms with Crippen molar-refractivity contribution in [1.29, 1.82) is 0 Å². The van der Waals surface area contributed by atoms with Crippen molar-refractivity contribution in [2.75, 3.05) is 5.32 Å². The number of aliphatic hydroxyl groups is 1. The minimum atomic E-state index is 0.0683. The van der Waals surface area contributed by atoms with E-state index in [1.807, 2.05) is 24.3 Å². The molecular weight excluding hydrogens is 329 g/mol. The smallest absolute Gasteiger partial charge is 0.143 e. The van der Waals surface area contributed by atoms with E-state index in [-0.39, 0.29) is 6.61 Å². The Hall–Kier alpha value is -1.21. The van der Waals surface area contributed by atoms with E-state index in [1.165, 1.54) is 6.33 Å². The van der Waals surface area contributed by atoms with Crippen molar-refractivity contribution in [1.82, 2.24) is 9.97 Å². The van der Waals surface area contributed by atoms with Crippen molar-refractivity contribution in [2.45, 2.75) is 13.2 Å². The summed E-state index contributed by atoms with van der Waals surface area (Å²) in [6, 6.07) is 7.83. The molecule has 88 valence electrons. The van der Waals surface area contributed by atoms with Gasteiger partial charge in [0, 0.05) is 12.7 Å². The van der Waals surface area contributed by atoms with Crippen LogP contribution in [-0.2, 0) is 13.2 Å². The number of aromatic nitrogens is 2. The van der Waals surface area contributed by atoms with Crippen LogP contribution < -0.4 is 5.32 Å². The number of benzene rings is 1. The Morgan fingerprint density at radius 3 is 2.88 bits per heavy atom. The first kappa shape index (κ1) is 12.3. The van der Waals surface area contributed by atoms with E-state index in [1.54, 1.807) is 6.20 Å². The third-order valence-electron chi connectivity index (χ3n) is 2.30. The minimum Gasteiger partial charge on any atom is -0.392 e. The van der Waals surface area contributed by atoms with Gasteiger partial charge in [-0.2, -0.15) is 0 Å². The average molecular weight is 341 g/mol. The molecule has 4 nitrogen and oxygen atoms in total. The minimum absolute atomic E-state index is 0.0683. The number of nitrogens with one attached hydrogen (secondary N) is 1. The van der Waals surface area contributed by atoms with Crippen molar-refractivity contribution >= 4 is 28.4 Å². The van der Waals surface area contributed by atoms with Crippen LogP contribution >= 0.6 is 22.6 Å². The highest BCUT2D eigenvalue weighted by Crippen LogP contribution is 2.14. The molecule has 1 aromatic carbocycles. The topological polar surface area (TPSA) is 58.0 Å². The van der Waals surface area contributed by atoms with Crippen molar-refractivity contribution in [3.8, 4) is 0 Å². The molecule has 2 aromatic rings. The third kappa shape index (κ3) is 3.37. The molecule has 0 aliphatic heterocycles. The van der Waals surface area contributed by atoms with Crippen LogP contribution in [0.5, 0.6) is 0 Å². The molecule has 1 aromatic heterocycles. The molecule has 0 atom stereocenters. The number of anilines is 1. The lowest BCUT2D eigenvalue weighted by Gasteiger charge is -2.07. The van der Waals surface area contributed by atoms with E-state index in [0.717, 1.165) is 20.5 Å². The van der Waals surface area contributed by atoms with Gasteiger partial charge in [-0.1, -0.05) is 24.3 Å². The fourth-order valence-corrected chi connectivity index (χ4v) is 1.96. The van der Waals surface area contributed by atoms with Crippen LogP contribution in [0.3, 0.4) is 0 Å². The Balaban J connectivity index is 2.05. The zero-order valence-electron chi connectivity index (χ0n) is 9.10. The van der Waals surface area contributed by atoms with Gasteiger partial charge >= 0.3 is 0 Å². The molecule has 0 saturated carbocycles. The maximum absolute atomic E-state index is 9.05. The predicted octanol–water partition coefficient (Wildman–Crippen LogP) is 2.19. The molecule has 17 heavy (non-hydrogen) atoms. The van der Waals surface area contributed by atoms with E-state index in [2.05, 4.69) is 37.9 Å². The summed E-state index contributed by atoms with van der Waals surface area (Å²) in [5.41, 5.74) is 2.03. The standard InChI is InChI=1S/C12H12IN3O/c13-11-6-14-8-16-12(11)15-5-9-2-1-3-10(4-9)7-17/h1-4,6,8,17H,5,7H2,(H,14,15,16). The number of hydrogen-bond acceptors (Lipinski definition) is 4. The Labute approximate surface area is 113 Å². The summed E-state index contributed by atoms with van der Waals surface area (Å²) in [4.78, 5) is 8.09. The molecule has 0 aliphatic rings. The van der Waals surface area contributed by atoms with Crippen molar-refractivity contribution in [3.05, 3.63) is 51.5 Å². The van der Waals surface area contributed by atoms with Gasteiger partial charge in [-0.05, 0) is 33.7 Å². The molecule has 0 spiro atoms. The Kier molecular flexibility index (Phi) is 4.27. The van der Waals surface area contributed by atoms with Crippen LogP contribution in [0.1, 0.15) is 11.1 Å². The first-order valence-electron chi connectivity index (χ1n) is 5.17. The largest absolute Gasteiger partial charge is 0.392 e. The van der Waals surface area contributed by atoms with Gasteiger partial charge in [0.05, 0.1) is 10.2 Å². The van der Waals surface area contributed by atoms with E-state index in [4.69, 9.17) is 5.11 Å². The highest BCUT2D eigenvalue weighted by molar-refractivity contribution is 14.1. The molecule has 0 radical (unpaired) electrons. The maximum atomic E-state index is 9.05. The van der Waals surface area contributed by atoms with Crippen LogP contribution in [0, 0.1) is 3.57 Å². The van der Waals surface area contributed by atoms with Gasteiger partial charge in [0.2, 0.25) is 0 Å². The zero-order valence-corrected chi connectivity index (χ0v) is 11.3. The molecule has 0 bridgehead atoms. The number of nitrogens with zero attached hydrogens (tertiary/aromatic N) is 2. The number of aliphatic hydroxyl groups excluding tert-OH is 1. The molecule has 2 rings (SSSR count). The van der Waals surface area contributed by atoms with Crippen LogP contribution in [0.2, 0.25) is 0 Å². The summed E-state index contributed by atoms with van der Waals surface area (Å²) < 4.78 is 0.989. The van der Waals surface area contributed by atoms with Gasteiger partial charge in [-0.15, -0.1) is 0 Å². The van der Waals surface area contributed by atoms with Gasteiger partial charge in [-0.25, -0.2) is 9.97 Å². The predicted molar refractivity (Wildman–Crippen MR) is 74.4 cm³/mol. The summed E-state index contributed by atoms with van der Waals surface area (Å²) in [6.07, 6.45) is 3.29. The van der Waals surface area contributed by atoms with Crippen LogP contribution in [0.25, 0.3) is 0 Å². The molecule has 0 unspecified atom stereocenters. The first-order valence-corrected chi connectivity index (χ1v) is 6.25. The summed E-state index contributed by atoms with van der Waals surface area (Å²) in [5.74, 6) is 0.829. The van der Waals surface area contributed by atoms with E-state index < -0.39 is 0 Å². The quantitative estimate of drug-likeness (QED) is 0.837. The number of hydrogen-bond donors (Lipinski definition) is 2. The van der Waals surface area contributed by atoms with Crippen molar-refractivity contribution < 1.29 is 5.11 Å². The van der Waals surface area contributed by atoms with E-state index in [0.29, 0.717) is 6.54 Å². The van der Waals surface area contributed by atoms with E-state index in [9.17, 15) is 0 Å². The molecular formula is C12H12IN3O. The van der Waals surface area contributed by atoms with E-state index >= 15 is 0 Å². The number of halogens is 1. The Morgan fingerprint density at radius 2 is 2.12 bits per heavy atom. The summed E-state index contributed by atoms with van der Waals surface area (Å²) in [7, 11) is 0. The average Bonchev–Trinajstić information content (AvgIpc) is 2.38. The molecule has 0 saturated heterocycles. The highest BCUT2D eigenvalue weighted by atomic mass is 127. The summed E-state index contributed by atoms with van der Waals surface area (Å²) in [5, 5.41) is 12.3. The summed E-state index contributed by atoms with van der Waals surface area (Å²) >= 11 is 2.19. The Morgan fingerprint density at radius 1 is 1.29 bits per heavy atom. The van der Waals surface area contributed by atoms with Gasteiger partial charge in [-0.3, -0.25) is 0 Å². The van der Waals surface area contributed by atoms with Crippen LogP contribution in [0.15, 0.2) is 36.8 Å². The lowest BCUT2D eigenvalue weighted by molar-refractivity contribution is 0.281. The van der Waals surface area contributed by atoms with Crippen molar-refractivity contribution in [3.63, 3.8) is 0 Å². The van der Waals surface area contributed by atoms with Crippen molar-refractivity contribution in [2.24, 2.45) is 0 Å². The molecule has 0 fully saturated rings. The van der Waals surface area contributed by atoms with Gasteiger partial charge in [0.1, 0.15) is 12.1 Å². The third-order valence-corrected chi connectivity index (χ3v) is 3.09. The second kappa shape index (κ2) is 5.92. The zero-order chi connectivity index (χ0) is 12.1. The molecule has 1 heterocycles. The number of rotatable bonds is 4. The second-order valence-corrected chi connectivity index (χ2v) is 4.71. The second-order valence-electron chi connectivity index (χ2n) is 3.55. The highest BCUT2D eigenvalue weighted by Gasteiger charge is 2.00. The Bertz CT molecular complexity index is 505. The molecule has 0 amide bonds. The van der Waals surface area contributed by atoms with Gasteiger partial charge in [0.25, 0.3) is 0 Å². The molecule has 5 heteroatoms. The first-order chi connectivity index (χ1) is 8.29. The van der Waals surface area contributed by atoms with Crippen LogP contribution in [0.4, 0.5) is 5.82 Å². The summed E-state index contributed by atoms with van der Waals surface area (Å²) in [6.45, 7) is 0.750. The molecule has 0 aliphatic carbocycles. The fourth-order valence-electron chi connectivity index (χ4n) is 1.47. The SMILES string of the molecule is OCc1cccc(CNc2ncncc2I)c1. The maximum Gasteiger partial charge on any atom is 0.143 e. The fraction of sp³-hybridized carbons (Fsp3) is 0.167. The normalized spacial score (nSPS) is 10.2.